The summed E-state index contributed by atoms with van der Waals surface area (Å²) in [7, 11) is 0. The molecule has 4 aromatic rings. The number of nitrogens with zero attached hydrogens (tertiary/aromatic N) is 1. The van der Waals surface area contributed by atoms with Crippen molar-refractivity contribution in [2.24, 2.45) is 0 Å². The number of carbonyl (C=O) groups is 2. The highest BCUT2D eigenvalue weighted by atomic mass is 19.1. The van der Waals surface area contributed by atoms with Crippen LogP contribution in [0.3, 0.4) is 0 Å². The van der Waals surface area contributed by atoms with Crippen molar-refractivity contribution in [3.05, 3.63) is 107 Å². The number of hydrogen-bond acceptors (Lipinski definition) is 2. The minimum absolute atomic E-state index is 0.00162. The molecule has 0 spiro atoms. The maximum atomic E-state index is 14.7. The van der Waals surface area contributed by atoms with Crippen LogP contribution in [0.15, 0.2) is 79.0 Å². The number of amides is 2. The van der Waals surface area contributed by atoms with E-state index in [1.54, 1.807) is 0 Å². The number of nitrogens with one attached hydrogen (secondary N) is 2. The first-order valence-electron chi connectivity index (χ1n) is 13.3. The summed E-state index contributed by atoms with van der Waals surface area (Å²) < 4.78 is 14.7. The van der Waals surface area contributed by atoms with E-state index in [1.165, 1.54) is 10.5 Å². The first kappa shape index (κ1) is 25.7. The van der Waals surface area contributed by atoms with E-state index < -0.39 is 18.3 Å². The molecule has 1 aromatic heterocycles. The number of aromatic amines is 1. The quantitative estimate of drug-likeness (QED) is 0.320. The second-order valence-electron chi connectivity index (χ2n) is 10.6. The lowest BCUT2D eigenvalue weighted by Gasteiger charge is -2.27. The molecule has 1 aliphatic heterocycles. The number of H-pyrrole nitrogens is 1. The average Bonchev–Trinajstić information content (AvgIpc) is 3.50. The molecule has 0 radical (unpaired) electrons. The molecular formula is C32H34FN3O2. The number of benzene rings is 3. The van der Waals surface area contributed by atoms with Crippen molar-refractivity contribution in [2.45, 2.75) is 57.8 Å². The number of fused-ring (bicyclic) bond motifs is 1. The highest BCUT2D eigenvalue weighted by molar-refractivity contribution is 5.92. The molecule has 0 saturated carbocycles. The van der Waals surface area contributed by atoms with Crippen LogP contribution < -0.4 is 5.32 Å². The first-order valence-corrected chi connectivity index (χ1v) is 13.3. The summed E-state index contributed by atoms with van der Waals surface area (Å²) in [5, 5.41) is 4.11. The molecule has 38 heavy (non-hydrogen) atoms. The molecule has 1 fully saturated rings. The average molecular weight is 512 g/mol. The third kappa shape index (κ3) is 5.35. The molecule has 2 amide bonds. The number of rotatable bonds is 7. The molecule has 5 rings (SSSR count). The summed E-state index contributed by atoms with van der Waals surface area (Å²) in [6.45, 7) is 6.22. The smallest absolute Gasteiger partial charge is 0.243 e. The number of aryl methyl sites for hydroxylation is 1. The van der Waals surface area contributed by atoms with Crippen LogP contribution in [0.4, 0.5) is 4.39 Å². The van der Waals surface area contributed by atoms with E-state index in [2.05, 4.69) is 36.3 Å². The van der Waals surface area contributed by atoms with Gasteiger partial charge in [-0.15, -0.1) is 0 Å². The number of aromatic nitrogens is 1. The van der Waals surface area contributed by atoms with Crippen molar-refractivity contribution >= 4 is 22.7 Å². The van der Waals surface area contributed by atoms with Gasteiger partial charge in [0.05, 0.1) is 19.0 Å². The lowest BCUT2D eigenvalue weighted by molar-refractivity contribution is -0.138. The van der Waals surface area contributed by atoms with Crippen LogP contribution in [0.2, 0.25) is 0 Å². The molecule has 3 aromatic carbocycles. The first-order chi connectivity index (χ1) is 18.3. The van der Waals surface area contributed by atoms with Gasteiger partial charge in [0.25, 0.3) is 0 Å². The largest absolute Gasteiger partial charge is 0.361 e. The molecule has 6 heteroatoms. The fourth-order valence-corrected chi connectivity index (χ4v) is 5.33. The Morgan fingerprint density at radius 1 is 1.00 bits per heavy atom. The van der Waals surface area contributed by atoms with E-state index in [1.807, 2.05) is 73.8 Å². The Labute approximate surface area is 223 Å². The van der Waals surface area contributed by atoms with Crippen molar-refractivity contribution in [1.29, 1.82) is 0 Å². The van der Waals surface area contributed by atoms with Crippen LogP contribution in [0.5, 0.6) is 0 Å². The summed E-state index contributed by atoms with van der Waals surface area (Å²) in [6.07, 6.45) is 0.698. The van der Waals surface area contributed by atoms with Crippen molar-refractivity contribution in [3.63, 3.8) is 0 Å². The Bertz CT molecular complexity index is 1430. The third-order valence-electron chi connectivity index (χ3n) is 7.49. The summed E-state index contributed by atoms with van der Waals surface area (Å²) in [6, 6.07) is 22.7. The Morgan fingerprint density at radius 2 is 1.68 bits per heavy atom. The minimum Gasteiger partial charge on any atom is -0.361 e. The predicted octanol–water partition coefficient (Wildman–Crippen LogP) is 5.99. The van der Waals surface area contributed by atoms with Gasteiger partial charge in [-0.25, -0.2) is 4.39 Å². The van der Waals surface area contributed by atoms with E-state index in [9.17, 15) is 14.0 Å². The highest BCUT2D eigenvalue weighted by Crippen LogP contribution is 2.28. The van der Waals surface area contributed by atoms with Crippen LogP contribution in [-0.2, 0) is 16.0 Å². The number of halogens is 1. The topological polar surface area (TPSA) is 65.2 Å². The Morgan fingerprint density at radius 3 is 2.39 bits per heavy atom. The number of hydrogen-bond donors (Lipinski definition) is 2. The Balaban J connectivity index is 1.37. The van der Waals surface area contributed by atoms with E-state index in [-0.39, 0.29) is 31.2 Å². The summed E-state index contributed by atoms with van der Waals surface area (Å²) >= 11 is 0. The molecule has 2 heterocycles. The molecule has 3 atom stereocenters. The SMILES string of the molecule is Cc1ccc2[nH]cc(CC(=O)N3CC(F)CC3C(=O)NC(c3ccccc3)c3ccc(C(C)C)cc3)c2c1. The van der Waals surface area contributed by atoms with Gasteiger partial charge in [-0.3, -0.25) is 9.59 Å². The van der Waals surface area contributed by atoms with Gasteiger partial charge in [-0.05, 0) is 47.2 Å². The van der Waals surface area contributed by atoms with E-state index >= 15 is 0 Å². The van der Waals surface area contributed by atoms with Gasteiger partial charge >= 0.3 is 0 Å². The van der Waals surface area contributed by atoms with Crippen molar-refractivity contribution < 1.29 is 14.0 Å². The standard InChI is InChI=1S/C32H34FN3O2/c1-20(2)22-10-12-24(13-11-22)31(23-7-5-4-6-8-23)35-32(38)29-17-26(33)19-36(29)30(37)16-25-18-34-28-14-9-21(3)15-27(25)28/h4-15,18,20,26,29,31,34H,16-17,19H2,1-3H3,(H,35,38). The maximum Gasteiger partial charge on any atom is 0.243 e. The fraction of sp³-hybridized carbons (Fsp3) is 0.312. The fourth-order valence-electron chi connectivity index (χ4n) is 5.33. The van der Waals surface area contributed by atoms with Crippen LogP contribution >= 0.6 is 0 Å². The van der Waals surface area contributed by atoms with Gasteiger partial charge in [0, 0.05) is 23.5 Å². The van der Waals surface area contributed by atoms with Crippen molar-refractivity contribution in [2.75, 3.05) is 6.54 Å². The molecule has 3 unspecified atom stereocenters. The maximum absolute atomic E-state index is 14.7. The Kier molecular flexibility index (Phi) is 7.32. The number of carbonyl (C=O) groups excluding carboxylic acids is 2. The van der Waals surface area contributed by atoms with Gasteiger partial charge in [0.15, 0.2) is 0 Å². The molecule has 5 nitrogen and oxygen atoms in total. The van der Waals surface area contributed by atoms with Gasteiger partial charge in [-0.1, -0.05) is 80.1 Å². The monoisotopic (exact) mass is 511 g/mol. The van der Waals surface area contributed by atoms with Gasteiger partial charge in [0.2, 0.25) is 11.8 Å². The molecule has 2 N–H and O–H groups in total. The molecule has 196 valence electrons. The van der Waals surface area contributed by atoms with Crippen molar-refractivity contribution in [3.8, 4) is 0 Å². The normalized spacial score (nSPS) is 18.2. The summed E-state index contributed by atoms with van der Waals surface area (Å²) in [5.41, 5.74) is 5.98. The zero-order valence-electron chi connectivity index (χ0n) is 22.1. The zero-order chi connectivity index (χ0) is 26.8. The number of likely N-dealkylation sites (tertiary alicyclic amines) is 1. The lowest BCUT2D eigenvalue weighted by atomic mass is 9.95. The second-order valence-corrected chi connectivity index (χ2v) is 10.6. The summed E-state index contributed by atoms with van der Waals surface area (Å²) in [5.74, 6) is -0.185. The van der Waals surface area contributed by atoms with Gasteiger partial charge in [0.1, 0.15) is 12.2 Å². The molecule has 0 bridgehead atoms. The molecule has 1 aliphatic rings. The van der Waals surface area contributed by atoms with Gasteiger partial charge < -0.3 is 15.2 Å². The summed E-state index contributed by atoms with van der Waals surface area (Å²) in [4.78, 5) is 31.6. The highest BCUT2D eigenvalue weighted by Gasteiger charge is 2.40. The molecular weight excluding hydrogens is 477 g/mol. The van der Waals surface area contributed by atoms with Crippen molar-refractivity contribution in [1.82, 2.24) is 15.2 Å². The zero-order valence-corrected chi connectivity index (χ0v) is 22.1. The minimum atomic E-state index is -1.24. The third-order valence-corrected chi connectivity index (χ3v) is 7.49. The van der Waals surface area contributed by atoms with Crippen LogP contribution in [-0.4, -0.2) is 40.5 Å². The van der Waals surface area contributed by atoms with Gasteiger partial charge in [-0.2, -0.15) is 0 Å². The van der Waals surface area contributed by atoms with E-state index in [0.717, 1.165) is 33.2 Å². The van der Waals surface area contributed by atoms with E-state index in [4.69, 9.17) is 0 Å². The lowest BCUT2D eigenvalue weighted by Crippen LogP contribution is -2.47. The van der Waals surface area contributed by atoms with Crippen LogP contribution in [0.1, 0.15) is 60.0 Å². The number of alkyl halides is 1. The Hall–Kier alpha value is -3.93. The van der Waals surface area contributed by atoms with Crippen LogP contribution in [0, 0.1) is 6.92 Å². The molecule has 0 aliphatic carbocycles. The van der Waals surface area contributed by atoms with E-state index in [0.29, 0.717) is 5.92 Å². The predicted molar refractivity (Wildman–Crippen MR) is 149 cm³/mol. The second kappa shape index (κ2) is 10.8. The molecule has 1 saturated heterocycles. The van der Waals surface area contributed by atoms with Crippen LogP contribution in [0.25, 0.3) is 10.9 Å².